The monoisotopic (exact) mass is 389 g/mol. The van der Waals surface area contributed by atoms with Crippen LogP contribution in [0, 0.1) is 0 Å². The summed E-state index contributed by atoms with van der Waals surface area (Å²) in [5, 5.41) is 4.28. The van der Waals surface area contributed by atoms with Crippen molar-refractivity contribution < 1.29 is 4.79 Å². The van der Waals surface area contributed by atoms with Gasteiger partial charge in [0, 0.05) is 28.4 Å². The van der Waals surface area contributed by atoms with Gasteiger partial charge in [0.2, 0.25) is 0 Å². The summed E-state index contributed by atoms with van der Waals surface area (Å²) in [6.07, 6.45) is 8.53. The number of likely N-dealkylation sites (tertiary alicyclic amines) is 1. The van der Waals surface area contributed by atoms with Crippen molar-refractivity contribution in [3.63, 3.8) is 0 Å². The second kappa shape index (κ2) is 9.27. The van der Waals surface area contributed by atoms with Crippen LogP contribution >= 0.6 is 0 Å². The molecule has 2 aromatic carbocycles. The number of aromatic nitrogens is 1. The lowest BCUT2D eigenvalue weighted by Gasteiger charge is -2.32. The Morgan fingerprint density at radius 2 is 1.90 bits per heavy atom. The highest BCUT2D eigenvalue weighted by Crippen LogP contribution is 2.34. The van der Waals surface area contributed by atoms with Gasteiger partial charge >= 0.3 is 0 Å². The van der Waals surface area contributed by atoms with Gasteiger partial charge in [0.15, 0.2) is 0 Å². The summed E-state index contributed by atoms with van der Waals surface area (Å²) in [4.78, 5) is 18.5. The van der Waals surface area contributed by atoms with E-state index >= 15 is 0 Å². The van der Waals surface area contributed by atoms with Gasteiger partial charge in [0.05, 0.1) is 0 Å². The van der Waals surface area contributed by atoms with Gasteiger partial charge in [-0.2, -0.15) is 0 Å². The minimum atomic E-state index is -0.0672. The van der Waals surface area contributed by atoms with Crippen LogP contribution < -0.4 is 5.32 Å². The first kappa shape index (κ1) is 19.7. The van der Waals surface area contributed by atoms with Crippen LogP contribution in [0.2, 0.25) is 0 Å². The van der Waals surface area contributed by atoms with Crippen molar-refractivity contribution in [1.82, 2.24) is 9.88 Å². The summed E-state index contributed by atoms with van der Waals surface area (Å²) < 4.78 is 0. The molecule has 4 nitrogen and oxygen atoms in total. The molecule has 1 fully saturated rings. The highest BCUT2D eigenvalue weighted by Gasteiger charge is 2.22. The topological polar surface area (TPSA) is 48.1 Å². The number of carbonyl (C=O) groups excluding carboxylic acids is 1. The third kappa shape index (κ3) is 4.70. The molecule has 1 aromatic heterocycles. The lowest BCUT2D eigenvalue weighted by Crippen LogP contribution is -2.33. The van der Waals surface area contributed by atoms with Crippen molar-refractivity contribution >= 4 is 22.5 Å². The number of aromatic amines is 1. The molecule has 2 heterocycles. The Hall–Kier alpha value is -2.59. The third-order valence-corrected chi connectivity index (χ3v) is 6.11. The van der Waals surface area contributed by atoms with E-state index in [-0.39, 0.29) is 5.91 Å². The van der Waals surface area contributed by atoms with Crippen molar-refractivity contribution in [2.45, 2.75) is 44.9 Å². The molecule has 1 aliphatic rings. The Labute approximate surface area is 173 Å². The molecule has 0 aliphatic carbocycles. The SMILES string of the molecule is CCCCCN1CCC(c2c[nH]c3ccc(NC(=O)c4ccccc4)cc23)CC1. The Morgan fingerprint density at radius 1 is 1.10 bits per heavy atom. The van der Waals surface area contributed by atoms with E-state index in [0.717, 1.165) is 11.2 Å². The van der Waals surface area contributed by atoms with Crippen LogP contribution in [-0.4, -0.2) is 35.4 Å². The molecule has 0 unspecified atom stereocenters. The predicted molar refractivity (Wildman–Crippen MR) is 121 cm³/mol. The molecule has 4 rings (SSSR count). The summed E-state index contributed by atoms with van der Waals surface area (Å²) in [7, 11) is 0. The molecular formula is C25H31N3O. The molecule has 1 amide bonds. The summed E-state index contributed by atoms with van der Waals surface area (Å²) in [6, 6.07) is 15.5. The number of anilines is 1. The fourth-order valence-electron chi connectivity index (χ4n) is 4.40. The van der Waals surface area contributed by atoms with Crippen molar-refractivity contribution in [1.29, 1.82) is 0 Å². The van der Waals surface area contributed by atoms with Crippen LogP contribution in [0.5, 0.6) is 0 Å². The van der Waals surface area contributed by atoms with E-state index in [0.29, 0.717) is 11.5 Å². The number of piperidine rings is 1. The van der Waals surface area contributed by atoms with Crippen LogP contribution in [-0.2, 0) is 0 Å². The number of hydrogen-bond acceptors (Lipinski definition) is 2. The number of nitrogens with one attached hydrogen (secondary N) is 2. The number of rotatable bonds is 7. The number of benzene rings is 2. The van der Waals surface area contributed by atoms with Crippen LogP contribution in [0.3, 0.4) is 0 Å². The molecule has 152 valence electrons. The maximum absolute atomic E-state index is 12.5. The smallest absolute Gasteiger partial charge is 0.255 e. The predicted octanol–water partition coefficient (Wildman–Crippen LogP) is 5.79. The Balaban J connectivity index is 1.44. The normalized spacial score (nSPS) is 15.6. The van der Waals surface area contributed by atoms with Gasteiger partial charge < -0.3 is 15.2 Å². The van der Waals surface area contributed by atoms with Gasteiger partial charge in [-0.3, -0.25) is 4.79 Å². The Kier molecular flexibility index (Phi) is 6.30. The number of H-pyrrole nitrogens is 1. The van der Waals surface area contributed by atoms with Crippen molar-refractivity contribution in [3.8, 4) is 0 Å². The standard InChI is InChI=1S/C25H31N3O/c1-2-3-7-14-28-15-12-19(13-16-28)23-18-26-24-11-10-21(17-22(23)24)27-25(29)20-8-5-4-6-9-20/h4-6,8-11,17-19,26H,2-3,7,12-16H2,1H3,(H,27,29). The quantitative estimate of drug-likeness (QED) is 0.503. The highest BCUT2D eigenvalue weighted by atomic mass is 16.1. The number of hydrogen-bond donors (Lipinski definition) is 2. The molecule has 3 aromatic rings. The lowest BCUT2D eigenvalue weighted by atomic mass is 9.89. The van der Waals surface area contributed by atoms with Crippen molar-refractivity contribution in [2.24, 2.45) is 0 Å². The van der Waals surface area contributed by atoms with Gasteiger partial charge in [-0.15, -0.1) is 0 Å². The third-order valence-electron chi connectivity index (χ3n) is 6.11. The molecule has 29 heavy (non-hydrogen) atoms. The fraction of sp³-hybridized carbons (Fsp3) is 0.400. The maximum Gasteiger partial charge on any atom is 0.255 e. The number of fused-ring (bicyclic) bond motifs is 1. The minimum Gasteiger partial charge on any atom is -0.361 e. The molecule has 0 saturated carbocycles. The molecule has 0 radical (unpaired) electrons. The van der Waals surface area contributed by atoms with Crippen LogP contribution in [0.4, 0.5) is 5.69 Å². The molecule has 1 saturated heterocycles. The summed E-state index contributed by atoms with van der Waals surface area (Å²) in [6.45, 7) is 5.88. The summed E-state index contributed by atoms with van der Waals surface area (Å²) >= 11 is 0. The van der Waals surface area contributed by atoms with E-state index in [2.05, 4.69) is 40.5 Å². The first-order valence-electron chi connectivity index (χ1n) is 10.9. The van der Waals surface area contributed by atoms with Gasteiger partial charge in [-0.05, 0) is 80.7 Å². The average molecular weight is 390 g/mol. The van der Waals surface area contributed by atoms with E-state index in [1.54, 1.807) is 0 Å². The van der Waals surface area contributed by atoms with Crippen LogP contribution in [0.15, 0.2) is 54.7 Å². The molecule has 4 heteroatoms. The van der Waals surface area contributed by atoms with Gasteiger partial charge in [0.1, 0.15) is 0 Å². The zero-order valence-electron chi connectivity index (χ0n) is 17.3. The minimum absolute atomic E-state index is 0.0672. The highest BCUT2D eigenvalue weighted by molar-refractivity contribution is 6.05. The maximum atomic E-state index is 12.5. The number of amides is 1. The number of unbranched alkanes of at least 4 members (excludes halogenated alkanes) is 2. The molecule has 0 bridgehead atoms. The number of carbonyl (C=O) groups is 1. The van der Waals surface area contributed by atoms with Crippen molar-refractivity contribution in [2.75, 3.05) is 25.0 Å². The second-order valence-corrected chi connectivity index (χ2v) is 8.15. The average Bonchev–Trinajstić information content (AvgIpc) is 3.18. The van der Waals surface area contributed by atoms with Crippen LogP contribution in [0.1, 0.15) is 60.9 Å². The van der Waals surface area contributed by atoms with E-state index in [9.17, 15) is 4.79 Å². The van der Waals surface area contributed by atoms with E-state index in [1.807, 2.05) is 36.4 Å². The van der Waals surface area contributed by atoms with E-state index in [1.165, 1.54) is 62.7 Å². The van der Waals surface area contributed by atoms with E-state index < -0.39 is 0 Å². The summed E-state index contributed by atoms with van der Waals surface area (Å²) in [5.41, 5.74) is 4.06. The van der Waals surface area contributed by atoms with Gasteiger partial charge in [-0.1, -0.05) is 38.0 Å². The van der Waals surface area contributed by atoms with Crippen LogP contribution in [0.25, 0.3) is 10.9 Å². The zero-order valence-corrected chi connectivity index (χ0v) is 17.3. The molecule has 2 N–H and O–H groups in total. The Morgan fingerprint density at radius 3 is 2.66 bits per heavy atom. The first-order valence-corrected chi connectivity index (χ1v) is 10.9. The Bertz CT molecular complexity index is 939. The fourth-order valence-corrected chi connectivity index (χ4v) is 4.40. The van der Waals surface area contributed by atoms with Crippen molar-refractivity contribution in [3.05, 3.63) is 65.9 Å². The second-order valence-electron chi connectivity index (χ2n) is 8.15. The zero-order chi connectivity index (χ0) is 20.1. The first-order chi connectivity index (χ1) is 14.2. The van der Waals surface area contributed by atoms with Gasteiger partial charge in [0.25, 0.3) is 5.91 Å². The lowest BCUT2D eigenvalue weighted by molar-refractivity contribution is 0.102. The molecule has 0 atom stereocenters. The van der Waals surface area contributed by atoms with E-state index in [4.69, 9.17) is 0 Å². The molecular weight excluding hydrogens is 358 g/mol. The largest absolute Gasteiger partial charge is 0.361 e. The number of nitrogens with zero attached hydrogens (tertiary/aromatic N) is 1. The molecule has 1 aliphatic heterocycles. The van der Waals surface area contributed by atoms with Gasteiger partial charge in [-0.25, -0.2) is 0 Å². The molecule has 0 spiro atoms. The summed E-state index contributed by atoms with van der Waals surface area (Å²) in [5.74, 6) is 0.522.